The maximum atomic E-state index is 13.5. The summed E-state index contributed by atoms with van der Waals surface area (Å²) in [6, 6.07) is 12.7. The standard InChI is InChI=1S/C22H27F2NO2S/c1-16-3-12-21(13-14-28(2,26)27)25(15-16)22(17-4-8-19(23)9-5-17)18-6-10-20(24)11-7-18/h4-11,16,21-22H,3,12-15H2,1-2H3/t16-,21+/m1/s1. The molecule has 0 aliphatic carbocycles. The van der Waals surface area contributed by atoms with Crippen molar-refractivity contribution in [1.82, 2.24) is 4.90 Å². The van der Waals surface area contributed by atoms with Gasteiger partial charge >= 0.3 is 0 Å². The third kappa shape index (κ3) is 5.39. The molecule has 0 bridgehead atoms. The lowest BCUT2D eigenvalue weighted by atomic mass is 9.87. The predicted octanol–water partition coefficient (Wildman–Crippen LogP) is 4.59. The van der Waals surface area contributed by atoms with Crippen molar-refractivity contribution in [2.45, 2.75) is 38.3 Å². The molecule has 2 atom stereocenters. The number of benzene rings is 2. The monoisotopic (exact) mass is 407 g/mol. The van der Waals surface area contributed by atoms with Crippen LogP contribution in [0, 0.1) is 17.6 Å². The van der Waals surface area contributed by atoms with Gasteiger partial charge in [-0.05, 0) is 60.6 Å². The number of piperidine rings is 1. The van der Waals surface area contributed by atoms with Crippen LogP contribution in [0.5, 0.6) is 0 Å². The lowest BCUT2D eigenvalue weighted by Crippen LogP contribution is -2.46. The van der Waals surface area contributed by atoms with Crippen LogP contribution in [0.1, 0.15) is 43.4 Å². The van der Waals surface area contributed by atoms with E-state index in [1.165, 1.54) is 30.5 Å². The lowest BCUT2D eigenvalue weighted by molar-refractivity contribution is 0.0809. The average molecular weight is 408 g/mol. The van der Waals surface area contributed by atoms with Gasteiger partial charge in [0.1, 0.15) is 21.5 Å². The van der Waals surface area contributed by atoms with Crippen LogP contribution >= 0.6 is 0 Å². The first-order valence-electron chi connectivity index (χ1n) is 9.67. The fraction of sp³-hybridized carbons (Fsp3) is 0.455. The fourth-order valence-electron chi connectivity index (χ4n) is 4.09. The van der Waals surface area contributed by atoms with E-state index in [0.717, 1.165) is 30.5 Å². The highest BCUT2D eigenvalue weighted by atomic mass is 32.2. The highest BCUT2D eigenvalue weighted by Crippen LogP contribution is 2.36. The minimum Gasteiger partial charge on any atom is -0.289 e. The van der Waals surface area contributed by atoms with Gasteiger partial charge in [-0.25, -0.2) is 17.2 Å². The molecule has 1 saturated heterocycles. The summed E-state index contributed by atoms with van der Waals surface area (Å²) in [6.07, 6.45) is 3.78. The van der Waals surface area contributed by atoms with Crippen LogP contribution in [-0.4, -0.2) is 37.9 Å². The van der Waals surface area contributed by atoms with Crippen molar-refractivity contribution >= 4 is 9.84 Å². The number of sulfone groups is 1. The molecule has 3 rings (SSSR count). The molecule has 3 nitrogen and oxygen atoms in total. The second-order valence-corrected chi connectivity index (χ2v) is 10.2. The molecule has 0 N–H and O–H groups in total. The third-order valence-electron chi connectivity index (χ3n) is 5.51. The summed E-state index contributed by atoms with van der Waals surface area (Å²) in [5.41, 5.74) is 1.85. The van der Waals surface area contributed by atoms with E-state index >= 15 is 0 Å². The van der Waals surface area contributed by atoms with Crippen molar-refractivity contribution in [3.8, 4) is 0 Å². The SMILES string of the molecule is C[C@@H]1CC[C@@H](CCS(C)(=O)=O)N(C(c2ccc(F)cc2)c2ccc(F)cc2)C1. The molecular weight excluding hydrogens is 380 g/mol. The molecule has 1 aliphatic heterocycles. The molecule has 152 valence electrons. The van der Waals surface area contributed by atoms with Crippen molar-refractivity contribution in [2.75, 3.05) is 18.6 Å². The molecular formula is C22H27F2NO2S. The smallest absolute Gasteiger partial charge is 0.147 e. The Bertz CT molecular complexity index is 836. The van der Waals surface area contributed by atoms with Crippen LogP contribution in [0.4, 0.5) is 8.78 Å². The third-order valence-corrected chi connectivity index (χ3v) is 6.49. The lowest BCUT2D eigenvalue weighted by Gasteiger charge is -2.44. The highest BCUT2D eigenvalue weighted by Gasteiger charge is 2.33. The number of likely N-dealkylation sites (tertiary alicyclic amines) is 1. The van der Waals surface area contributed by atoms with Crippen molar-refractivity contribution in [3.63, 3.8) is 0 Å². The van der Waals surface area contributed by atoms with Crippen molar-refractivity contribution in [3.05, 3.63) is 71.3 Å². The molecule has 0 aromatic heterocycles. The Labute approximate surface area is 166 Å². The summed E-state index contributed by atoms with van der Waals surface area (Å²) in [5, 5.41) is 0. The molecule has 0 unspecified atom stereocenters. The largest absolute Gasteiger partial charge is 0.289 e. The van der Waals surface area contributed by atoms with Crippen molar-refractivity contribution in [2.24, 2.45) is 5.92 Å². The van der Waals surface area contributed by atoms with Crippen LogP contribution in [0.25, 0.3) is 0 Å². The van der Waals surface area contributed by atoms with Gasteiger partial charge in [-0.2, -0.15) is 0 Å². The van der Waals surface area contributed by atoms with Crippen molar-refractivity contribution < 1.29 is 17.2 Å². The van der Waals surface area contributed by atoms with Gasteiger partial charge in [0.2, 0.25) is 0 Å². The van der Waals surface area contributed by atoms with Gasteiger partial charge in [-0.15, -0.1) is 0 Å². The molecule has 28 heavy (non-hydrogen) atoms. The van der Waals surface area contributed by atoms with Gasteiger partial charge in [0.05, 0.1) is 11.8 Å². The maximum absolute atomic E-state index is 13.5. The van der Waals surface area contributed by atoms with Crippen LogP contribution < -0.4 is 0 Å². The Morgan fingerprint density at radius 2 is 1.46 bits per heavy atom. The first-order valence-corrected chi connectivity index (χ1v) is 11.7. The summed E-state index contributed by atoms with van der Waals surface area (Å²) >= 11 is 0. The summed E-state index contributed by atoms with van der Waals surface area (Å²) in [6.45, 7) is 3.00. The van der Waals surface area contributed by atoms with E-state index in [9.17, 15) is 17.2 Å². The molecule has 0 amide bonds. The van der Waals surface area contributed by atoms with E-state index < -0.39 is 9.84 Å². The Kier molecular flexibility index (Phi) is 6.50. The minimum atomic E-state index is -3.05. The van der Waals surface area contributed by atoms with Crippen molar-refractivity contribution in [1.29, 1.82) is 0 Å². The first kappa shape index (κ1) is 20.9. The number of rotatable bonds is 6. The van der Waals surface area contributed by atoms with Gasteiger partial charge < -0.3 is 0 Å². The highest BCUT2D eigenvalue weighted by molar-refractivity contribution is 7.90. The van der Waals surface area contributed by atoms with Crippen LogP contribution in [-0.2, 0) is 9.84 Å². The zero-order valence-electron chi connectivity index (χ0n) is 16.3. The normalized spacial score (nSPS) is 21.2. The quantitative estimate of drug-likeness (QED) is 0.703. The Morgan fingerprint density at radius 1 is 0.964 bits per heavy atom. The summed E-state index contributed by atoms with van der Waals surface area (Å²) in [4.78, 5) is 2.32. The average Bonchev–Trinajstić information content (AvgIpc) is 2.64. The zero-order chi connectivity index (χ0) is 20.3. The molecule has 0 radical (unpaired) electrons. The van der Waals surface area contributed by atoms with Crippen LogP contribution in [0.2, 0.25) is 0 Å². The molecule has 2 aromatic rings. The second kappa shape index (κ2) is 8.70. The predicted molar refractivity (Wildman–Crippen MR) is 108 cm³/mol. The Hall–Kier alpha value is -1.79. The van der Waals surface area contributed by atoms with Gasteiger partial charge in [-0.1, -0.05) is 31.2 Å². The van der Waals surface area contributed by atoms with Gasteiger partial charge in [0.25, 0.3) is 0 Å². The number of nitrogens with zero attached hydrogens (tertiary/aromatic N) is 1. The van der Waals surface area contributed by atoms with E-state index in [1.807, 2.05) is 0 Å². The second-order valence-electron chi connectivity index (χ2n) is 7.96. The van der Waals surface area contributed by atoms with E-state index in [-0.39, 0.29) is 29.5 Å². The Balaban J connectivity index is 1.99. The molecule has 0 spiro atoms. The van der Waals surface area contributed by atoms with E-state index in [2.05, 4.69) is 11.8 Å². The maximum Gasteiger partial charge on any atom is 0.147 e. The van der Waals surface area contributed by atoms with Gasteiger partial charge in [0.15, 0.2) is 0 Å². The molecule has 2 aromatic carbocycles. The number of hydrogen-bond donors (Lipinski definition) is 0. The van der Waals surface area contributed by atoms with E-state index in [1.54, 1.807) is 24.3 Å². The number of hydrogen-bond acceptors (Lipinski definition) is 3. The molecule has 0 saturated carbocycles. The molecule has 1 heterocycles. The summed E-state index contributed by atoms with van der Waals surface area (Å²) < 4.78 is 50.5. The topological polar surface area (TPSA) is 37.4 Å². The molecule has 1 fully saturated rings. The van der Waals surface area contributed by atoms with E-state index in [0.29, 0.717) is 12.3 Å². The molecule has 6 heteroatoms. The fourth-order valence-corrected chi connectivity index (χ4v) is 4.79. The van der Waals surface area contributed by atoms with Gasteiger partial charge in [0, 0.05) is 18.8 Å². The summed E-state index contributed by atoms with van der Waals surface area (Å²) in [7, 11) is -3.05. The molecule has 1 aliphatic rings. The summed E-state index contributed by atoms with van der Waals surface area (Å²) in [5.74, 6) is 0.00428. The van der Waals surface area contributed by atoms with Gasteiger partial charge in [-0.3, -0.25) is 4.90 Å². The number of halogens is 2. The Morgan fingerprint density at radius 3 is 1.93 bits per heavy atom. The van der Waals surface area contributed by atoms with Crippen LogP contribution in [0.3, 0.4) is 0 Å². The minimum absolute atomic E-state index is 0.103. The first-order chi connectivity index (χ1) is 13.2. The van der Waals surface area contributed by atoms with Crippen LogP contribution in [0.15, 0.2) is 48.5 Å². The zero-order valence-corrected chi connectivity index (χ0v) is 17.1. The van der Waals surface area contributed by atoms with E-state index in [4.69, 9.17) is 0 Å².